The Balaban J connectivity index is 1.91. The molecule has 1 amide bonds. The Bertz CT molecular complexity index is 422. The van der Waals surface area contributed by atoms with Crippen LogP contribution < -0.4 is 10.1 Å². The second-order valence-corrected chi connectivity index (χ2v) is 5.11. The van der Waals surface area contributed by atoms with Crippen LogP contribution in [0, 0.1) is 5.92 Å². The van der Waals surface area contributed by atoms with Gasteiger partial charge in [0.05, 0.1) is 0 Å². The van der Waals surface area contributed by atoms with Gasteiger partial charge in [0.15, 0.2) is 0 Å². The summed E-state index contributed by atoms with van der Waals surface area (Å²) in [5.74, 6) is 1.73. The molecule has 0 saturated carbocycles. The van der Waals surface area contributed by atoms with E-state index < -0.39 is 0 Å². The molecule has 98 valence electrons. The highest BCUT2D eigenvalue weighted by Crippen LogP contribution is 2.33. The molecule has 2 unspecified atom stereocenters. The van der Waals surface area contributed by atoms with Crippen LogP contribution in [0.15, 0.2) is 24.3 Å². The summed E-state index contributed by atoms with van der Waals surface area (Å²) in [5.41, 5.74) is 0.986. The van der Waals surface area contributed by atoms with Crippen molar-refractivity contribution in [2.24, 2.45) is 5.92 Å². The monoisotopic (exact) mass is 267 g/mol. The number of nitrogens with one attached hydrogen (secondary N) is 1. The summed E-state index contributed by atoms with van der Waals surface area (Å²) in [4.78, 5) is 12.1. The second kappa shape index (κ2) is 6.10. The van der Waals surface area contributed by atoms with Gasteiger partial charge in [0.2, 0.25) is 5.91 Å². The molecular formula is C14H18ClNO2. The molecule has 1 aliphatic heterocycles. The zero-order valence-corrected chi connectivity index (χ0v) is 11.2. The van der Waals surface area contributed by atoms with E-state index in [1.54, 1.807) is 0 Å². The zero-order chi connectivity index (χ0) is 13.0. The molecule has 18 heavy (non-hydrogen) atoms. The Kier molecular flexibility index (Phi) is 4.48. The van der Waals surface area contributed by atoms with Crippen molar-refractivity contribution in [3.05, 3.63) is 29.8 Å². The Morgan fingerprint density at radius 3 is 3.11 bits per heavy atom. The van der Waals surface area contributed by atoms with E-state index in [1.807, 2.05) is 24.3 Å². The first kappa shape index (κ1) is 13.2. The van der Waals surface area contributed by atoms with Crippen molar-refractivity contribution in [2.75, 3.05) is 19.0 Å². The van der Waals surface area contributed by atoms with Gasteiger partial charge in [-0.05, 0) is 18.4 Å². The standard InChI is InChI=1S/C14H18ClNO2/c1-10(6-7-15)8-16-14(17)12-9-18-13-5-3-2-4-11(12)13/h2-5,10,12H,6-9H2,1H3,(H,16,17). The lowest BCUT2D eigenvalue weighted by Crippen LogP contribution is -2.33. The summed E-state index contributed by atoms with van der Waals surface area (Å²) >= 11 is 5.67. The highest BCUT2D eigenvalue weighted by atomic mass is 35.5. The largest absolute Gasteiger partial charge is 0.492 e. The first-order chi connectivity index (χ1) is 8.72. The van der Waals surface area contributed by atoms with Crippen molar-refractivity contribution in [3.8, 4) is 5.75 Å². The van der Waals surface area contributed by atoms with Gasteiger partial charge in [-0.15, -0.1) is 11.6 Å². The average Bonchev–Trinajstić information content (AvgIpc) is 2.80. The molecule has 1 heterocycles. The second-order valence-electron chi connectivity index (χ2n) is 4.73. The first-order valence-electron chi connectivity index (χ1n) is 6.27. The van der Waals surface area contributed by atoms with E-state index >= 15 is 0 Å². The fourth-order valence-corrected chi connectivity index (χ4v) is 2.44. The van der Waals surface area contributed by atoms with E-state index in [0.29, 0.717) is 24.9 Å². The van der Waals surface area contributed by atoms with E-state index in [9.17, 15) is 4.79 Å². The Hall–Kier alpha value is -1.22. The number of alkyl halides is 1. The van der Waals surface area contributed by atoms with Gasteiger partial charge in [0, 0.05) is 18.0 Å². The third kappa shape index (κ3) is 2.96. The number of para-hydroxylation sites is 1. The minimum absolute atomic E-state index is 0.0429. The number of fused-ring (bicyclic) bond motifs is 1. The van der Waals surface area contributed by atoms with Gasteiger partial charge < -0.3 is 10.1 Å². The molecule has 0 bridgehead atoms. The summed E-state index contributed by atoms with van der Waals surface area (Å²) in [6, 6.07) is 7.71. The van der Waals surface area contributed by atoms with Crippen molar-refractivity contribution in [2.45, 2.75) is 19.3 Å². The molecule has 1 aromatic rings. The highest BCUT2D eigenvalue weighted by molar-refractivity contribution is 6.17. The fourth-order valence-electron chi connectivity index (χ4n) is 2.07. The fraction of sp³-hybridized carbons (Fsp3) is 0.500. The molecule has 3 nitrogen and oxygen atoms in total. The van der Waals surface area contributed by atoms with Crippen LogP contribution in [0.3, 0.4) is 0 Å². The smallest absolute Gasteiger partial charge is 0.231 e. The van der Waals surface area contributed by atoms with Gasteiger partial charge >= 0.3 is 0 Å². The van der Waals surface area contributed by atoms with Crippen LogP contribution in [-0.2, 0) is 4.79 Å². The molecule has 0 saturated heterocycles. The van der Waals surface area contributed by atoms with Crippen LogP contribution in [0.4, 0.5) is 0 Å². The molecule has 1 N–H and O–H groups in total. The van der Waals surface area contributed by atoms with E-state index in [1.165, 1.54) is 0 Å². The number of hydrogen-bond acceptors (Lipinski definition) is 2. The van der Waals surface area contributed by atoms with E-state index in [2.05, 4.69) is 12.2 Å². The summed E-state index contributed by atoms with van der Waals surface area (Å²) in [5, 5.41) is 2.97. The van der Waals surface area contributed by atoms with Crippen LogP contribution in [0.2, 0.25) is 0 Å². The third-order valence-corrected chi connectivity index (χ3v) is 3.46. The van der Waals surface area contributed by atoms with Crippen LogP contribution in [0.25, 0.3) is 0 Å². The Labute approximate surface area is 112 Å². The lowest BCUT2D eigenvalue weighted by atomic mass is 10.00. The number of halogens is 1. The van der Waals surface area contributed by atoms with Gasteiger partial charge in [-0.3, -0.25) is 4.79 Å². The maximum atomic E-state index is 12.1. The molecule has 1 aromatic carbocycles. The SMILES string of the molecule is CC(CCCl)CNC(=O)C1COc2ccccc21. The van der Waals surface area contributed by atoms with Crippen LogP contribution in [0.5, 0.6) is 5.75 Å². The number of carbonyl (C=O) groups is 1. The Morgan fingerprint density at radius 1 is 1.56 bits per heavy atom. The molecule has 2 atom stereocenters. The Morgan fingerprint density at radius 2 is 2.33 bits per heavy atom. The quantitative estimate of drug-likeness (QED) is 0.833. The lowest BCUT2D eigenvalue weighted by molar-refractivity contribution is -0.122. The summed E-state index contributed by atoms with van der Waals surface area (Å²) in [6.07, 6.45) is 0.916. The predicted octanol–water partition coefficient (Wildman–Crippen LogP) is 2.54. The van der Waals surface area contributed by atoms with Crippen molar-refractivity contribution in [1.29, 1.82) is 0 Å². The van der Waals surface area contributed by atoms with Gasteiger partial charge in [-0.1, -0.05) is 25.1 Å². The average molecular weight is 268 g/mol. The van der Waals surface area contributed by atoms with E-state index in [-0.39, 0.29) is 11.8 Å². The van der Waals surface area contributed by atoms with Gasteiger partial charge in [0.1, 0.15) is 18.3 Å². The van der Waals surface area contributed by atoms with Gasteiger partial charge in [0.25, 0.3) is 0 Å². The summed E-state index contributed by atoms with van der Waals surface area (Å²) in [6.45, 7) is 3.20. The van der Waals surface area contributed by atoms with Crippen LogP contribution >= 0.6 is 11.6 Å². The maximum Gasteiger partial charge on any atom is 0.231 e. The lowest BCUT2D eigenvalue weighted by Gasteiger charge is -2.14. The topological polar surface area (TPSA) is 38.3 Å². The number of carbonyl (C=O) groups excluding carboxylic acids is 1. The highest BCUT2D eigenvalue weighted by Gasteiger charge is 2.29. The van der Waals surface area contributed by atoms with Crippen LogP contribution in [-0.4, -0.2) is 24.9 Å². The molecule has 0 aliphatic carbocycles. The summed E-state index contributed by atoms with van der Waals surface area (Å²) < 4.78 is 5.50. The van der Waals surface area contributed by atoms with Crippen molar-refractivity contribution < 1.29 is 9.53 Å². The van der Waals surface area contributed by atoms with Gasteiger partial charge in [-0.25, -0.2) is 0 Å². The molecule has 2 rings (SSSR count). The van der Waals surface area contributed by atoms with Crippen molar-refractivity contribution in [3.63, 3.8) is 0 Å². The number of ether oxygens (including phenoxy) is 1. The molecule has 1 aliphatic rings. The molecule has 4 heteroatoms. The molecule has 0 aromatic heterocycles. The minimum Gasteiger partial charge on any atom is -0.492 e. The molecule has 0 spiro atoms. The van der Waals surface area contributed by atoms with Gasteiger partial charge in [-0.2, -0.15) is 0 Å². The molecular weight excluding hydrogens is 250 g/mol. The number of amides is 1. The number of hydrogen-bond donors (Lipinski definition) is 1. The minimum atomic E-state index is -0.176. The number of benzene rings is 1. The third-order valence-electron chi connectivity index (χ3n) is 3.24. The predicted molar refractivity (Wildman–Crippen MR) is 72.2 cm³/mol. The molecule has 0 fully saturated rings. The summed E-state index contributed by atoms with van der Waals surface area (Å²) in [7, 11) is 0. The van der Waals surface area contributed by atoms with E-state index in [4.69, 9.17) is 16.3 Å². The zero-order valence-electron chi connectivity index (χ0n) is 10.5. The maximum absolute atomic E-state index is 12.1. The molecule has 0 radical (unpaired) electrons. The van der Waals surface area contributed by atoms with E-state index in [0.717, 1.165) is 17.7 Å². The normalized spacial score (nSPS) is 18.9. The van der Waals surface area contributed by atoms with Crippen LogP contribution in [0.1, 0.15) is 24.8 Å². The number of rotatable bonds is 5. The van der Waals surface area contributed by atoms with Crippen molar-refractivity contribution >= 4 is 17.5 Å². The first-order valence-corrected chi connectivity index (χ1v) is 6.81. The van der Waals surface area contributed by atoms with Crippen molar-refractivity contribution in [1.82, 2.24) is 5.32 Å².